The molecule has 0 atom stereocenters. The van der Waals surface area contributed by atoms with Gasteiger partial charge in [0.2, 0.25) is 0 Å². The van der Waals surface area contributed by atoms with Gasteiger partial charge in [0.15, 0.2) is 0 Å². The summed E-state index contributed by atoms with van der Waals surface area (Å²) in [6, 6.07) is 4.60. The average Bonchev–Trinajstić information content (AvgIpc) is 2.27. The third kappa shape index (κ3) is 2.69. The Labute approximate surface area is 113 Å². The number of nitrogens with one attached hydrogen (secondary N) is 1. The second kappa shape index (κ2) is 5.06. The van der Waals surface area contributed by atoms with Crippen LogP contribution >= 0.6 is 15.9 Å². The number of nitro benzene ring substituents is 1. The van der Waals surface area contributed by atoms with Crippen molar-refractivity contribution in [2.45, 2.75) is 25.8 Å². The molecule has 0 saturated heterocycles. The molecule has 1 amide bonds. The van der Waals surface area contributed by atoms with Gasteiger partial charge in [0.25, 0.3) is 11.6 Å². The summed E-state index contributed by atoms with van der Waals surface area (Å²) in [5.74, 6) is 0.400. The lowest BCUT2D eigenvalue weighted by atomic mass is 9.82. The van der Waals surface area contributed by atoms with Crippen LogP contribution in [-0.4, -0.2) is 16.9 Å². The van der Waals surface area contributed by atoms with Crippen molar-refractivity contribution < 1.29 is 9.72 Å². The summed E-state index contributed by atoms with van der Waals surface area (Å²) in [6.07, 6.45) is 1.95. The summed E-state index contributed by atoms with van der Waals surface area (Å²) in [4.78, 5) is 22.2. The highest BCUT2D eigenvalue weighted by atomic mass is 79.9. The fraction of sp³-hybridized carbons (Fsp3) is 0.417. The van der Waals surface area contributed by atoms with E-state index in [1.807, 2.05) is 0 Å². The second-order valence-corrected chi connectivity index (χ2v) is 5.52. The molecule has 18 heavy (non-hydrogen) atoms. The van der Waals surface area contributed by atoms with E-state index in [0.717, 1.165) is 12.8 Å². The van der Waals surface area contributed by atoms with Gasteiger partial charge < -0.3 is 5.32 Å². The largest absolute Gasteiger partial charge is 0.349 e. The van der Waals surface area contributed by atoms with Crippen molar-refractivity contribution >= 4 is 27.5 Å². The van der Waals surface area contributed by atoms with Crippen LogP contribution in [-0.2, 0) is 0 Å². The minimum atomic E-state index is -0.508. The van der Waals surface area contributed by atoms with Crippen molar-refractivity contribution in [1.29, 1.82) is 0 Å². The van der Waals surface area contributed by atoms with Crippen LogP contribution in [0.4, 0.5) is 5.69 Å². The molecule has 0 radical (unpaired) electrons. The Morgan fingerprint density at radius 3 is 2.72 bits per heavy atom. The van der Waals surface area contributed by atoms with Crippen molar-refractivity contribution in [3.63, 3.8) is 0 Å². The first kappa shape index (κ1) is 13.0. The molecule has 2 rings (SSSR count). The zero-order chi connectivity index (χ0) is 13.3. The Hall–Kier alpha value is -1.43. The predicted octanol–water partition coefficient (Wildman–Crippen LogP) is 2.89. The van der Waals surface area contributed by atoms with Crippen molar-refractivity contribution in [3.05, 3.63) is 38.3 Å². The van der Waals surface area contributed by atoms with E-state index >= 15 is 0 Å². The van der Waals surface area contributed by atoms with Crippen LogP contribution in [0.15, 0.2) is 22.7 Å². The number of rotatable bonds is 3. The van der Waals surface area contributed by atoms with Crippen LogP contribution in [0.25, 0.3) is 0 Å². The van der Waals surface area contributed by atoms with Crippen LogP contribution in [0.1, 0.15) is 30.1 Å². The van der Waals surface area contributed by atoms with E-state index in [1.54, 1.807) is 6.07 Å². The van der Waals surface area contributed by atoms with Crippen LogP contribution in [0.2, 0.25) is 0 Å². The van der Waals surface area contributed by atoms with Crippen LogP contribution in [0.3, 0.4) is 0 Å². The molecule has 0 heterocycles. The summed E-state index contributed by atoms with van der Waals surface area (Å²) < 4.78 is 0.376. The first-order valence-electron chi connectivity index (χ1n) is 5.72. The van der Waals surface area contributed by atoms with Gasteiger partial charge in [-0.25, -0.2) is 0 Å². The van der Waals surface area contributed by atoms with Crippen LogP contribution < -0.4 is 5.32 Å². The van der Waals surface area contributed by atoms with Gasteiger partial charge >= 0.3 is 0 Å². The molecule has 1 aliphatic carbocycles. The zero-order valence-electron chi connectivity index (χ0n) is 9.85. The maximum atomic E-state index is 11.9. The highest BCUT2D eigenvalue weighted by molar-refractivity contribution is 9.10. The Morgan fingerprint density at radius 2 is 2.17 bits per heavy atom. The minimum absolute atomic E-state index is 0.0929. The number of benzene rings is 1. The molecule has 0 aliphatic heterocycles. The van der Waals surface area contributed by atoms with E-state index in [2.05, 4.69) is 28.2 Å². The number of nitro groups is 1. The highest BCUT2D eigenvalue weighted by Gasteiger charge is 2.27. The summed E-state index contributed by atoms with van der Waals surface area (Å²) >= 11 is 3.09. The lowest BCUT2D eigenvalue weighted by Gasteiger charge is -2.33. The van der Waals surface area contributed by atoms with Gasteiger partial charge in [-0.3, -0.25) is 14.9 Å². The molecule has 1 aliphatic rings. The summed E-state index contributed by atoms with van der Waals surface area (Å²) in [6.45, 7) is 2.13. The molecule has 1 aromatic carbocycles. The molecular formula is C12H13BrN2O3. The lowest BCUT2D eigenvalue weighted by molar-refractivity contribution is -0.385. The molecule has 0 aromatic heterocycles. The monoisotopic (exact) mass is 312 g/mol. The predicted molar refractivity (Wildman–Crippen MR) is 70.4 cm³/mol. The minimum Gasteiger partial charge on any atom is -0.349 e. The van der Waals surface area contributed by atoms with Crippen LogP contribution in [0.5, 0.6) is 0 Å². The zero-order valence-corrected chi connectivity index (χ0v) is 11.4. The van der Waals surface area contributed by atoms with Gasteiger partial charge in [0.1, 0.15) is 0 Å². The van der Waals surface area contributed by atoms with E-state index in [4.69, 9.17) is 0 Å². The summed E-state index contributed by atoms with van der Waals surface area (Å²) in [5, 5.41) is 13.6. The van der Waals surface area contributed by atoms with Gasteiger partial charge in [-0.2, -0.15) is 0 Å². The topological polar surface area (TPSA) is 72.2 Å². The molecule has 1 saturated carbocycles. The summed E-state index contributed by atoms with van der Waals surface area (Å²) in [5.41, 5.74) is 0.231. The van der Waals surface area contributed by atoms with Gasteiger partial charge in [-0.1, -0.05) is 6.92 Å². The van der Waals surface area contributed by atoms with E-state index in [1.165, 1.54) is 12.1 Å². The fourth-order valence-corrected chi connectivity index (χ4v) is 2.47. The maximum absolute atomic E-state index is 11.9. The van der Waals surface area contributed by atoms with Gasteiger partial charge in [-0.05, 0) is 46.8 Å². The third-order valence-electron chi connectivity index (χ3n) is 3.11. The van der Waals surface area contributed by atoms with Crippen molar-refractivity contribution in [3.8, 4) is 0 Å². The molecule has 1 fully saturated rings. The average molecular weight is 313 g/mol. The van der Waals surface area contributed by atoms with Crippen molar-refractivity contribution in [2.24, 2.45) is 5.92 Å². The Kier molecular flexibility index (Phi) is 3.65. The number of hydrogen-bond acceptors (Lipinski definition) is 3. The van der Waals surface area contributed by atoms with Gasteiger partial charge in [0.05, 0.1) is 9.40 Å². The SMILES string of the molecule is CC1CC(NC(=O)c2ccc(Br)c([N+](=O)[O-])c2)C1. The van der Waals surface area contributed by atoms with Gasteiger partial charge in [0, 0.05) is 17.7 Å². The van der Waals surface area contributed by atoms with E-state index in [9.17, 15) is 14.9 Å². The van der Waals surface area contributed by atoms with Crippen molar-refractivity contribution in [2.75, 3.05) is 0 Å². The Balaban J connectivity index is 2.10. The van der Waals surface area contributed by atoms with Gasteiger partial charge in [-0.15, -0.1) is 0 Å². The number of halogens is 1. The van der Waals surface area contributed by atoms with Crippen LogP contribution in [0, 0.1) is 16.0 Å². The molecule has 0 bridgehead atoms. The quantitative estimate of drug-likeness (QED) is 0.689. The van der Waals surface area contributed by atoms with Crippen molar-refractivity contribution in [1.82, 2.24) is 5.32 Å². The van der Waals surface area contributed by atoms with E-state index in [0.29, 0.717) is 16.0 Å². The first-order chi connectivity index (χ1) is 8.47. The van der Waals surface area contributed by atoms with E-state index in [-0.39, 0.29) is 17.6 Å². The molecule has 0 spiro atoms. The summed E-state index contributed by atoms with van der Waals surface area (Å²) in [7, 11) is 0. The number of carbonyl (C=O) groups is 1. The third-order valence-corrected chi connectivity index (χ3v) is 3.78. The molecule has 96 valence electrons. The normalized spacial score (nSPS) is 22.1. The lowest BCUT2D eigenvalue weighted by Crippen LogP contribution is -2.43. The standard InChI is InChI=1S/C12H13BrN2O3/c1-7-4-9(5-7)14-12(16)8-2-3-10(13)11(6-8)15(17)18/h2-3,6-7,9H,4-5H2,1H3,(H,14,16). The van der Waals surface area contributed by atoms with E-state index < -0.39 is 4.92 Å². The fourth-order valence-electron chi connectivity index (χ4n) is 2.08. The maximum Gasteiger partial charge on any atom is 0.284 e. The smallest absolute Gasteiger partial charge is 0.284 e. The Bertz CT molecular complexity index is 498. The highest BCUT2D eigenvalue weighted by Crippen LogP contribution is 2.28. The first-order valence-corrected chi connectivity index (χ1v) is 6.51. The Morgan fingerprint density at radius 1 is 1.50 bits per heavy atom. The number of amides is 1. The molecular weight excluding hydrogens is 300 g/mol. The second-order valence-electron chi connectivity index (χ2n) is 4.67. The molecule has 0 unspecified atom stereocenters. The molecule has 1 N–H and O–H groups in total. The number of carbonyl (C=O) groups excluding carboxylic acids is 1. The number of hydrogen-bond donors (Lipinski definition) is 1. The number of nitrogens with zero attached hydrogens (tertiary/aromatic N) is 1. The molecule has 6 heteroatoms. The molecule has 5 nitrogen and oxygen atoms in total. The molecule has 1 aromatic rings.